The third-order valence-corrected chi connectivity index (χ3v) is 11.5. The predicted molar refractivity (Wildman–Crippen MR) is 144 cm³/mol. The van der Waals surface area contributed by atoms with Crippen LogP contribution in [0.15, 0.2) is 84.9 Å². The molecule has 0 saturated carbocycles. The minimum Gasteiger partial charge on any atom is -0.456 e. The van der Waals surface area contributed by atoms with Crippen molar-refractivity contribution >= 4 is 50.6 Å². The Morgan fingerprint density at radius 2 is 1.43 bits per heavy atom. The van der Waals surface area contributed by atoms with Gasteiger partial charge in [0.2, 0.25) is 0 Å². The van der Waals surface area contributed by atoms with Crippen LogP contribution in [0.5, 0.6) is 23.0 Å². The first-order chi connectivity index (χ1) is 17.2. The molecule has 8 rings (SSSR count). The number of allylic oxidation sites excluding steroid dienone is 1. The second-order valence-electron chi connectivity index (χ2n) is 9.17. The molecule has 4 aromatic carbocycles. The summed E-state index contributed by atoms with van der Waals surface area (Å²) in [4.78, 5) is 1.37. The fraction of sp³-hybridized carbons (Fsp3) is 0.0667. The summed E-state index contributed by atoms with van der Waals surface area (Å²) in [5.74, 6) is 2.53. The SMILES string of the molecule is O=P12c3ccccc3Oc3cc(-c4ccc5c6c(sc5c4)C=CCC6)cc(c31)Oc1ccccc12. The average molecular weight is 491 g/mol. The molecule has 0 atom stereocenters. The lowest BCUT2D eigenvalue weighted by molar-refractivity contribution is 0.462. The Morgan fingerprint density at radius 3 is 2.14 bits per heavy atom. The van der Waals surface area contributed by atoms with Crippen LogP contribution in [0.1, 0.15) is 16.9 Å². The van der Waals surface area contributed by atoms with Gasteiger partial charge in [-0.3, -0.25) is 0 Å². The van der Waals surface area contributed by atoms with Crippen LogP contribution < -0.4 is 25.4 Å². The molecule has 1 aromatic heterocycles. The lowest BCUT2D eigenvalue weighted by Gasteiger charge is -2.34. The first-order valence-corrected chi connectivity index (χ1v) is 14.3. The molecule has 3 heterocycles. The van der Waals surface area contributed by atoms with Gasteiger partial charge in [0.05, 0.1) is 10.6 Å². The van der Waals surface area contributed by atoms with E-state index in [0.717, 1.165) is 34.6 Å². The number of aryl methyl sites for hydroxylation is 1. The Morgan fingerprint density at radius 1 is 0.743 bits per heavy atom. The number of ether oxygens (including phenoxy) is 2. The number of para-hydroxylation sites is 2. The predicted octanol–water partition coefficient (Wildman–Crippen LogP) is 7.38. The summed E-state index contributed by atoms with van der Waals surface area (Å²) < 4.78 is 28.9. The Hall–Kier alpha value is -3.59. The maximum absolute atomic E-state index is 14.9. The van der Waals surface area contributed by atoms with E-state index in [0.29, 0.717) is 28.3 Å². The van der Waals surface area contributed by atoms with Crippen LogP contribution in [0.25, 0.3) is 27.3 Å². The van der Waals surface area contributed by atoms with E-state index in [2.05, 4.69) is 30.4 Å². The number of thiophene rings is 1. The van der Waals surface area contributed by atoms with E-state index in [1.54, 1.807) is 0 Å². The third kappa shape index (κ3) is 2.64. The molecular weight excluding hydrogens is 471 g/mol. The molecule has 5 aromatic rings. The molecule has 1 aliphatic carbocycles. The van der Waals surface area contributed by atoms with Crippen molar-refractivity contribution in [2.24, 2.45) is 0 Å². The first-order valence-electron chi connectivity index (χ1n) is 11.8. The zero-order chi connectivity index (χ0) is 23.1. The summed E-state index contributed by atoms with van der Waals surface area (Å²) in [5.41, 5.74) is 3.55. The Kier molecular flexibility index (Phi) is 3.92. The topological polar surface area (TPSA) is 35.5 Å². The fourth-order valence-electron chi connectivity index (χ4n) is 5.59. The first kappa shape index (κ1) is 19.7. The molecule has 35 heavy (non-hydrogen) atoms. The van der Waals surface area contributed by atoms with Gasteiger partial charge in [0.1, 0.15) is 28.3 Å². The van der Waals surface area contributed by atoms with E-state index >= 15 is 0 Å². The summed E-state index contributed by atoms with van der Waals surface area (Å²) in [5, 5.41) is 3.47. The van der Waals surface area contributed by atoms with Gasteiger partial charge < -0.3 is 14.0 Å². The number of benzene rings is 4. The molecule has 2 aliphatic heterocycles. The van der Waals surface area contributed by atoms with Crippen molar-refractivity contribution in [2.45, 2.75) is 12.8 Å². The van der Waals surface area contributed by atoms with Gasteiger partial charge in [-0.05, 0) is 83.5 Å². The van der Waals surface area contributed by atoms with Gasteiger partial charge >= 0.3 is 0 Å². The molecule has 168 valence electrons. The van der Waals surface area contributed by atoms with Crippen LogP contribution in [0.3, 0.4) is 0 Å². The molecule has 0 spiro atoms. The van der Waals surface area contributed by atoms with Gasteiger partial charge in [0.15, 0.2) is 7.14 Å². The van der Waals surface area contributed by atoms with Gasteiger partial charge in [0, 0.05) is 9.58 Å². The molecule has 0 saturated heterocycles. The molecule has 0 N–H and O–H groups in total. The van der Waals surface area contributed by atoms with Crippen molar-refractivity contribution in [3.05, 3.63) is 95.4 Å². The minimum atomic E-state index is -3.13. The van der Waals surface area contributed by atoms with E-state index in [9.17, 15) is 4.57 Å². The lowest BCUT2D eigenvalue weighted by atomic mass is 9.98. The highest BCUT2D eigenvalue weighted by Gasteiger charge is 2.46. The summed E-state index contributed by atoms with van der Waals surface area (Å²) in [7, 11) is -3.13. The van der Waals surface area contributed by atoms with E-state index in [4.69, 9.17) is 9.47 Å². The quantitative estimate of drug-likeness (QED) is 0.225. The molecule has 5 heteroatoms. The average Bonchev–Trinajstić information content (AvgIpc) is 3.26. The number of fused-ring (bicyclic) bond motifs is 7. The van der Waals surface area contributed by atoms with Crippen molar-refractivity contribution in [1.82, 2.24) is 0 Å². The maximum atomic E-state index is 14.9. The number of hydrogen-bond acceptors (Lipinski definition) is 4. The van der Waals surface area contributed by atoms with E-state index in [-0.39, 0.29) is 0 Å². The standard InChI is InChI=1S/C30H19O3PS/c31-34-26-10-4-2-8-22(26)32-24-15-19(16-25(30(24)34)33-23-9-3-5-11-27(23)34)18-13-14-21-20-7-1-6-12-28(20)35-29(21)17-18/h2-6,8-17H,1,7H2. The van der Waals surface area contributed by atoms with Gasteiger partial charge in [0.25, 0.3) is 0 Å². The summed E-state index contributed by atoms with van der Waals surface area (Å²) >= 11 is 1.85. The summed E-state index contributed by atoms with van der Waals surface area (Å²) in [6.45, 7) is 0. The second kappa shape index (κ2) is 6.97. The van der Waals surface area contributed by atoms with Gasteiger partial charge in [-0.25, -0.2) is 0 Å². The minimum absolute atomic E-state index is 0.613. The summed E-state index contributed by atoms with van der Waals surface area (Å²) in [6, 6.07) is 26.0. The highest BCUT2D eigenvalue weighted by molar-refractivity contribution is 7.86. The molecule has 3 nitrogen and oxygen atoms in total. The van der Waals surface area contributed by atoms with Crippen molar-refractivity contribution < 1.29 is 14.0 Å². The molecule has 0 radical (unpaired) electrons. The zero-order valence-corrected chi connectivity index (χ0v) is 20.4. The maximum Gasteiger partial charge on any atom is 0.185 e. The zero-order valence-electron chi connectivity index (χ0n) is 18.7. The smallest absolute Gasteiger partial charge is 0.185 e. The third-order valence-electron chi connectivity index (χ3n) is 7.19. The van der Waals surface area contributed by atoms with Crippen molar-refractivity contribution in [3.8, 4) is 34.1 Å². The van der Waals surface area contributed by atoms with Crippen molar-refractivity contribution in [2.75, 3.05) is 0 Å². The second-order valence-corrected chi connectivity index (χ2v) is 12.9. The monoisotopic (exact) mass is 490 g/mol. The van der Waals surface area contributed by atoms with Crippen LogP contribution >= 0.6 is 18.5 Å². The van der Waals surface area contributed by atoms with Crippen LogP contribution in [0.2, 0.25) is 0 Å². The van der Waals surface area contributed by atoms with E-state index in [1.165, 1.54) is 20.5 Å². The Balaban J connectivity index is 1.36. The summed E-state index contributed by atoms with van der Waals surface area (Å²) in [6.07, 6.45) is 6.71. The molecule has 0 bridgehead atoms. The highest BCUT2D eigenvalue weighted by atomic mass is 32.1. The van der Waals surface area contributed by atoms with E-state index < -0.39 is 7.14 Å². The van der Waals surface area contributed by atoms with Gasteiger partial charge in [-0.2, -0.15) is 0 Å². The molecule has 0 amide bonds. The van der Waals surface area contributed by atoms with Gasteiger partial charge in [-0.15, -0.1) is 11.3 Å². The van der Waals surface area contributed by atoms with Crippen LogP contribution in [-0.4, -0.2) is 0 Å². The Labute approximate surface area is 206 Å². The molecule has 0 fully saturated rings. The fourth-order valence-corrected chi connectivity index (χ4v) is 9.85. The van der Waals surface area contributed by atoms with Gasteiger partial charge in [-0.1, -0.05) is 42.5 Å². The van der Waals surface area contributed by atoms with Crippen LogP contribution in [0, 0.1) is 0 Å². The Bertz CT molecular complexity index is 1720. The van der Waals surface area contributed by atoms with Crippen LogP contribution in [0.4, 0.5) is 0 Å². The number of rotatable bonds is 1. The van der Waals surface area contributed by atoms with Crippen molar-refractivity contribution in [1.29, 1.82) is 0 Å². The van der Waals surface area contributed by atoms with Crippen LogP contribution in [-0.2, 0) is 11.0 Å². The molecular formula is C30H19O3PS. The normalized spacial score (nSPS) is 15.9. The number of hydrogen-bond donors (Lipinski definition) is 0. The highest BCUT2D eigenvalue weighted by Crippen LogP contribution is 2.58. The van der Waals surface area contributed by atoms with E-state index in [1.807, 2.05) is 72.0 Å². The molecule has 0 unspecified atom stereocenters. The lowest BCUT2D eigenvalue weighted by Crippen LogP contribution is -2.35. The molecule has 3 aliphatic rings. The van der Waals surface area contributed by atoms with Crippen molar-refractivity contribution in [3.63, 3.8) is 0 Å². The largest absolute Gasteiger partial charge is 0.456 e.